The van der Waals surface area contributed by atoms with Gasteiger partial charge in [0.1, 0.15) is 12.2 Å². The van der Waals surface area contributed by atoms with E-state index in [0.717, 1.165) is 17.7 Å². The van der Waals surface area contributed by atoms with Crippen molar-refractivity contribution in [2.45, 2.75) is 45.9 Å². The highest BCUT2D eigenvalue weighted by Gasteiger charge is 2.19. The third-order valence-electron chi connectivity index (χ3n) is 2.77. The molecule has 0 heterocycles. The van der Waals surface area contributed by atoms with Gasteiger partial charge >= 0.3 is 12.1 Å². The van der Waals surface area contributed by atoms with E-state index in [1.54, 1.807) is 20.8 Å². The average molecular weight is 333 g/mol. The molecule has 1 N–H and O–H groups in total. The van der Waals surface area contributed by atoms with Gasteiger partial charge in [-0.2, -0.15) is 0 Å². The van der Waals surface area contributed by atoms with Gasteiger partial charge in [0.05, 0.1) is 6.04 Å². The minimum Gasteiger partial charge on any atom is -0.458 e. The van der Waals surface area contributed by atoms with Crippen molar-refractivity contribution in [3.63, 3.8) is 0 Å². The summed E-state index contributed by atoms with van der Waals surface area (Å²) in [5, 5.41) is 2.40. The second kappa shape index (κ2) is 8.86. The summed E-state index contributed by atoms with van der Waals surface area (Å²) in [7, 11) is 0. The molecule has 0 aliphatic heterocycles. The SMILES string of the molecule is C[C@@H](NC(=O)OC(C)(C)C)C(=O)/C=C/C(=O)OCc1ccccc1. The summed E-state index contributed by atoms with van der Waals surface area (Å²) in [5.74, 6) is -1.06. The minimum atomic E-state index is -0.807. The van der Waals surface area contributed by atoms with Crippen LogP contribution in [-0.4, -0.2) is 29.5 Å². The van der Waals surface area contributed by atoms with Crippen molar-refractivity contribution < 1.29 is 23.9 Å². The lowest BCUT2D eigenvalue weighted by molar-refractivity contribution is -0.139. The Balaban J connectivity index is 2.40. The Morgan fingerprint density at radius 3 is 2.33 bits per heavy atom. The highest BCUT2D eigenvalue weighted by atomic mass is 16.6. The standard InChI is InChI=1S/C18H23NO5/c1-13(19-17(22)24-18(2,3)4)15(20)10-11-16(21)23-12-14-8-6-5-7-9-14/h5-11,13H,12H2,1-4H3,(H,19,22)/b11-10+/t13-/m1/s1. The molecular weight excluding hydrogens is 310 g/mol. The number of nitrogens with one attached hydrogen (secondary N) is 1. The van der Waals surface area contributed by atoms with Crippen molar-refractivity contribution in [1.82, 2.24) is 5.32 Å². The van der Waals surface area contributed by atoms with Crippen LogP contribution >= 0.6 is 0 Å². The third kappa shape index (κ3) is 8.12. The van der Waals surface area contributed by atoms with Crippen LogP contribution in [0, 0.1) is 0 Å². The molecule has 0 bridgehead atoms. The minimum absolute atomic E-state index is 0.129. The Morgan fingerprint density at radius 2 is 1.75 bits per heavy atom. The van der Waals surface area contributed by atoms with Crippen LogP contribution in [0.25, 0.3) is 0 Å². The van der Waals surface area contributed by atoms with Gasteiger partial charge in [-0.3, -0.25) is 4.79 Å². The lowest BCUT2D eigenvalue weighted by Crippen LogP contribution is -2.41. The molecule has 0 saturated carbocycles. The maximum absolute atomic E-state index is 11.9. The molecule has 130 valence electrons. The molecule has 0 fully saturated rings. The molecule has 1 amide bonds. The summed E-state index contributed by atoms with van der Waals surface area (Å²) in [4.78, 5) is 35.0. The smallest absolute Gasteiger partial charge is 0.408 e. The van der Waals surface area contributed by atoms with Gasteiger partial charge in [-0.05, 0) is 39.3 Å². The normalized spacial score (nSPS) is 12.5. The molecule has 0 saturated heterocycles. The number of esters is 1. The van der Waals surface area contributed by atoms with E-state index in [9.17, 15) is 14.4 Å². The van der Waals surface area contributed by atoms with Gasteiger partial charge in [0.25, 0.3) is 0 Å². The summed E-state index contributed by atoms with van der Waals surface area (Å²) in [6.45, 7) is 6.81. The maximum atomic E-state index is 11.9. The number of benzene rings is 1. The Labute approximate surface area is 141 Å². The van der Waals surface area contributed by atoms with Gasteiger partial charge < -0.3 is 14.8 Å². The Hall–Kier alpha value is -2.63. The second-order valence-corrected chi connectivity index (χ2v) is 6.20. The fourth-order valence-electron chi connectivity index (χ4n) is 1.63. The van der Waals surface area contributed by atoms with Crippen LogP contribution in [0.2, 0.25) is 0 Å². The van der Waals surface area contributed by atoms with Crippen LogP contribution in [-0.2, 0) is 25.7 Å². The fourth-order valence-corrected chi connectivity index (χ4v) is 1.63. The third-order valence-corrected chi connectivity index (χ3v) is 2.77. The molecule has 0 spiro atoms. The van der Waals surface area contributed by atoms with Gasteiger partial charge in [-0.15, -0.1) is 0 Å². The Kier molecular flexibility index (Phi) is 7.17. The second-order valence-electron chi connectivity index (χ2n) is 6.20. The van der Waals surface area contributed by atoms with E-state index >= 15 is 0 Å². The Morgan fingerprint density at radius 1 is 1.12 bits per heavy atom. The van der Waals surface area contributed by atoms with Crippen LogP contribution < -0.4 is 5.32 Å². The lowest BCUT2D eigenvalue weighted by atomic mass is 10.2. The van der Waals surface area contributed by atoms with E-state index in [0.29, 0.717) is 0 Å². The molecule has 1 aromatic carbocycles. The molecule has 1 aromatic rings. The number of hydrogen-bond donors (Lipinski definition) is 1. The lowest BCUT2D eigenvalue weighted by Gasteiger charge is -2.21. The molecule has 0 aromatic heterocycles. The number of alkyl carbamates (subject to hydrolysis) is 1. The van der Waals surface area contributed by atoms with Gasteiger partial charge in [0.2, 0.25) is 0 Å². The van der Waals surface area contributed by atoms with Gasteiger partial charge in [-0.25, -0.2) is 9.59 Å². The number of carbonyl (C=O) groups is 3. The van der Waals surface area contributed by atoms with Crippen LogP contribution in [0.1, 0.15) is 33.3 Å². The van der Waals surface area contributed by atoms with Crippen molar-refractivity contribution in [2.24, 2.45) is 0 Å². The molecule has 0 unspecified atom stereocenters. The van der Waals surface area contributed by atoms with Crippen molar-refractivity contribution >= 4 is 17.8 Å². The molecule has 1 rings (SSSR count). The van der Waals surface area contributed by atoms with Crippen molar-refractivity contribution in [1.29, 1.82) is 0 Å². The van der Waals surface area contributed by atoms with Crippen LogP contribution in [0.5, 0.6) is 0 Å². The van der Waals surface area contributed by atoms with E-state index < -0.39 is 29.5 Å². The molecular formula is C18H23NO5. The summed E-state index contributed by atoms with van der Waals surface area (Å²) in [5.41, 5.74) is 0.203. The number of carbonyl (C=O) groups excluding carboxylic acids is 3. The summed E-state index contributed by atoms with van der Waals surface area (Å²) in [6.07, 6.45) is 1.43. The number of ether oxygens (including phenoxy) is 2. The van der Waals surface area contributed by atoms with Crippen LogP contribution in [0.3, 0.4) is 0 Å². The average Bonchev–Trinajstić information content (AvgIpc) is 2.49. The van der Waals surface area contributed by atoms with Gasteiger partial charge in [-0.1, -0.05) is 30.3 Å². The van der Waals surface area contributed by atoms with Gasteiger partial charge in [0.15, 0.2) is 5.78 Å². The van der Waals surface area contributed by atoms with Crippen molar-refractivity contribution in [3.8, 4) is 0 Å². The first-order valence-corrected chi connectivity index (χ1v) is 7.59. The first kappa shape index (κ1) is 19.4. The van der Waals surface area contributed by atoms with E-state index in [1.807, 2.05) is 30.3 Å². The Bertz CT molecular complexity index is 602. The van der Waals surface area contributed by atoms with Crippen LogP contribution in [0.15, 0.2) is 42.5 Å². The highest BCUT2D eigenvalue weighted by Crippen LogP contribution is 2.07. The molecule has 0 aliphatic carbocycles. The predicted octanol–water partition coefficient (Wildman–Crippen LogP) is 2.77. The number of hydrogen-bond acceptors (Lipinski definition) is 5. The highest BCUT2D eigenvalue weighted by molar-refractivity contribution is 5.99. The number of amides is 1. The largest absolute Gasteiger partial charge is 0.458 e. The topological polar surface area (TPSA) is 81.7 Å². The van der Waals surface area contributed by atoms with E-state index in [1.165, 1.54) is 6.92 Å². The quantitative estimate of drug-likeness (QED) is 0.639. The molecule has 6 nitrogen and oxygen atoms in total. The molecule has 1 atom stereocenters. The van der Waals surface area contributed by atoms with Crippen LogP contribution in [0.4, 0.5) is 4.79 Å². The van der Waals surface area contributed by atoms with Gasteiger partial charge in [0, 0.05) is 6.08 Å². The first-order valence-electron chi connectivity index (χ1n) is 7.59. The zero-order chi connectivity index (χ0) is 18.2. The number of rotatable bonds is 6. The maximum Gasteiger partial charge on any atom is 0.408 e. The monoisotopic (exact) mass is 333 g/mol. The first-order chi connectivity index (χ1) is 11.2. The van der Waals surface area contributed by atoms with E-state index in [4.69, 9.17) is 9.47 Å². The molecule has 6 heteroatoms. The van der Waals surface area contributed by atoms with Crippen molar-refractivity contribution in [3.05, 3.63) is 48.0 Å². The summed E-state index contributed by atoms with van der Waals surface area (Å²) < 4.78 is 10.1. The fraction of sp³-hybridized carbons (Fsp3) is 0.389. The zero-order valence-corrected chi connectivity index (χ0v) is 14.4. The number of ketones is 1. The van der Waals surface area contributed by atoms with E-state index in [2.05, 4.69) is 5.32 Å². The van der Waals surface area contributed by atoms with Crippen molar-refractivity contribution in [2.75, 3.05) is 0 Å². The summed E-state index contributed by atoms with van der Waals surface area (Å²) >= 11 is 0. The molecule has 0 radical (unpaired) electrons. The summed E-state index contributed by atoms with van der Waals surface area (Å²) in [6, 6.07) is 8.39. The zero-order valence-electron chi connectivity index (χ0n) is 14.4. The van der Waals surface area contributed by atoms with E-state index in [-0.39, 0.29) is 6.61 Å². The molecule has 24 heavy (non-hydrogen) atoms. The predicted molar refractivity (Wildman–Crippen MR) is 89.2 cm³/mol. The molecule has 0 aliphatic rings.